The minimum Gasteiger partial charge on any atom is -0.289 e. The van der Waals surface area contributed by atoms with E-state index >= 15 is 0 Å². The van der Waals surface area contributed by atoms with Crippen molar-refractivity contribution in [3.05, 3.63) is 47.0 Å². The maximum atomic E-state index is 11.5. The van der Waals surface area contributed by atoms with Crippen LogP contribution in [-0.2, 0) is 17.1 Å². The largest absolute Gasteiger partial charge is 0.289 e. The van der Waals surface area contributed by atoms with Crippen LogP contribution in [0, 0.1) is 0 Å². The Morgan fingerprint density at radius 3 is 2.21 bits per heavy atom. The molecule has 1 aromatic carbocycles. The van der Waals surface area contributed by atoms with Crippen LogP contribution in [-0.4, -0.2) is 11.6 Å². The number of Topliss-reactive ketones (excluding diaryl/α,β-unsaturated/α-hetero) is 1. The van der Waals surface area contributed by atoms with Gasteiger partial charge in [0.25, 0.3) is 0 Å². The number of fused-ring (bicyclic) bond motifs is 1. The van der Waals surface area contributed by atoms with Gasteiger partial charge in [0.2, 0.25) is 0 Å². The Morgan fingerprint density at radius 1 is 1.00 bits per heavy atom. The topological polar surface area (TPSA) is 34.1 Å². The molecule has 1 aliphatic rings. The van der Waals surface area contributed by atoms with Crippen molar-refractivity contribution in [2.75, 3.05) is 0 Å². The molecule has 0 spiro atoms. The third kappa shape index (κ3) is 1.56. The van der Waals surface area contributed by atoms with Crippen molar-refractivity contribution < 1.29 is 26.7 Å². The molecule has 0 unspecified atom stereocenters. The van der Waals surface area contributed by atoms with Gasteiger partial charge in [-0.2, -0.15) is 0 Å². The molecule has 1 aliphatic carbocycles. The molecule has 0 aromatic heterocycles. The Hall–Kier alpha value is -1.18. The molecule has 72 valence electrons. The van der Waals surface area contributed by atoms with Gasteiger partial charge in [0.15, 0.2) is 11.6 Å². The third-order valence-electron chi connectivity index (χ3n) is 2.14. The van der Waals surface area contributed by atoms with E-state index in [1.54, 1.807) is 31.2 Å². The van der Waals surface area contributed by atoms with Crippen molar-refractivity contribution in [1.29, 1.82) is 0 Å². The van der Waals surface area contributed by atoms with Gasteiger partial charge in [-0.1, -0.05) is 24.3 Å². The van der Waals surface area contributed by atoms with E-state index in [-0.39, 0.29) is 28.6 Å². The summed E-state index contributed by atoms with van der Waals surface area (Å²) in [6.07, 6.45) is 1.39. The number of carbonyl (C=O) groups is 2. The average Bonchev–Trinajstić information content (AvgIpc) is 2.15. The quantitative estimate of drug-likeness (QED) is 0.636. The molecule has 0 saturated heterocycles. The Bertz CT molecular complexity index is 433. The Balaban J connectivity index is 0.000000980. The monoisotopic (exact) mass is 228 g/mol. The first kappa shape index (κ1) is 10.9. The number of hydrogen-bond acceptors (Lipinski definition) is 2. The van der Waals surface area contributed by atoms with Gasteiger partial charge in [0.1, 0.15) is 0 Å². The van der Waals surface area contributed by atoms with E-state index in [4.69, 9.17) is 0 Å². The maximum Gasteiger partial charge on any atom is 0.189 e. The molecule has 0 heterocycles. The molecule has 3 heteroatoms. The van der Waals surface area contributed by atoms with E-state index in [2.05, 4.69) is 0 Å². The van der Waals surface area contributed by atoms with Gasteiger partial charge in [-0.3, -0.25) is 9.59 Å². The fourth-order valence-corrected chi connectivity index (χ4v) is 1.45. The minimum absolute atomic E-state index is 0. The van der Waals surface area contributed by atoms with Gasteiger partial charge < -0.3 is 0 Å². The van der Waals surface area contributed by atoms with Gasteiger partial charge in [-0.25, -0.2) is 0 Å². The summed E-state index contributed by atoms with van der Waals surface area (Å²) in [6.45, 7) is 1.66. The van der Waals surface area contributed by atoms with Crippen LogP contribution < -0.4 is 0 Å². The number of allylic oxidation sites excluding steroid dienone is 2. The van der Waals surface area contributed by atoms with Crippen LogP contribution in [0.4, 0.5) is 0 Å². The van der Waals surface area contributed by atoms with Crippen molar-refractivity contribution >= 4 is 11.6 Å². The zero-order valence-corrected chi connectivity index (χ0v) is 8.66. The SMILES string of the molecule is CC1=CC(=O)c2ccccc2C1=O.[Fe]. The fourth-order valence-electron chi connectivity index (χ4n) is 1.45. The van der Waals surface area contributed by atoms with E-state index in [0.717, 1.165) is 0 Å². The first-order chi connectivity index (χ1) is 6.20. The van der Waals surface area contributed by atoms with Crippen LogP contribution in [0.1, 0.15) is 27.6 Å². The van der Waals surface area contributed by atoms with Crippen LogP contribution in [0.3, 0.4) is 0 Å². The first-order valence-electron chi connectivity index (χ1n) is 4.06. The second-order valence-electron chi connectivity index (χ2n) is 3.07. The molecule has 2 rings (SSSR count). The van der Waals surface area contributed by atoms with Crippen LogP contribution >= 0.6 is 0 Å². The van der Waals surface area contributed by atoms with Crippen molar-refractivity contribution in [1.82, 2.24) is 0 Å². The Kier molecular flexibility index (Phi) is 3.04. The number of ketones is 2. The van der Waals surface area contributed by atoms with Crippen LogP contribution in [0.25, 0.3) is 0 Å². The zero-order valence-electron chi connectivity index (χ0n) is 7.56. The molecule has 14 heavy (non-hydrogen) atoms. The Morgan fingerprint density at radius 2 is 1.57 bits per heavy atom. The molecule has 1 aromatic rings. The van der Waals surface area contributed by atoms with E-state index < -0.39 is 0 Å². The van der Waals surface area contributed by atoms with E-state index in [0.29, 0.717) is 16.7 Å². The number of rotatable bonds is 0. The zero-order chi connectivity index (χ0) is 9.42. The van der Waals surface area contributed by atoms with Crippen LogP contribution in [0.15, 0.2) is 35.9 Å². The van der Waals surface area contributed by atoms with E-state index in [1.807, 2.05) is 0 Å². The van der Waals surface area contributed by atoms with Gasteiger partial charge >= 0.3 is 0 Å². The van der Waals surface area contributed by atoms with Gasteiger partial charge in [0.05, 0.1) is 0 Å². The summed E-state index contributed by atoms with van der Waals surface area (Å²) in [5.41, 5.74) is 1.55. The molecule has 0 amide bonds. The second kappa shape index (κ2) is 3.91. The fraction of sp³-hybridized carbons (Fsp3) is 0.0909. The molecule has 0 N–H and O–H groups in total. The van der Waals surface area contributed by atoms with Crippen LogP contribution in [0.5, 0.6) is 0 Å². The molecule has 0 atom stereocenters. The maximum absolute atomic E-state index is 11.5. The number of carbonyl (C=O) groups excluding carboxylic acids is 2. The van der Waals surface area contributed by atoms with Crippen LogP contribution in [0.2, 0.25) is 0 Å². The smallest absolute Gasteiger partial charge is 0.189 e. The molecule has 0 fully saturated rings. The average molecular weight is 228 g/mol. The summed E-state index contributed by atoms with van der Waals surface area (Å²) in [4.78, 5) is 23.0. The Labute approximate surface area is 92.5 Å². The summed E-state index contributed by atoms with van der Waals surface area (Å²) in [7, 11) is 0. The number of hydrogen-bond donors (Lipinski definition) is 0. The van der Waals surface area contributed by atoms with Crippen molar-refractivity contribution in [3.63, 3.8) is 0 Å². The van der Waals surface area contributed by atoms with Gasteiger partial charge in [-0.15, -0.1) is 0 Å². The van der Waals surface area contributed by atoms with Gasteiger partial charge in [-0.05, 0) is 13.0 Å². The van der Waals surface area contributed by atoms with Gasteiger partial charge in [0, 0.05) is 33.8 Å². The predicted octanol–water partition coefficient (Wildman–Crippen LogP) is 2.01. The molecule has 0 aliphatic heterocycles. The molecule has 0 saturated carbocycles. The molecule has 0 radical (unpaired) electrons. The van der Waals surface area contributed by atoms with Crippen molar-refractivity contribution in [2.45, 2.75) is 6.92 Å². The standard InChI is InChI=1S/C11H8O2.Fe/c1-7-6-10(12)8-4-2-3-5-9(8)11(7)13;/h2-6H,1H3;. The van der Waals surface area contributed by atoms with Crippen molar-refractivity contribution in [2.24, 2.45) is 0 Å². The summed E-state index contributed by atoms with van der Waals surface area (Å²) in [5, 5.41) is 0. The summed E-state index contributed by atoms with van der Waals surface area (Å²) in [5.74, 6) is -0.122. The predicted molar refractivity (Wildman–Crippen MR) is 48.9 cm³/mol. The van der Waals surface area contributed by atoms with Crippen molar-refractivity contribution in [3.8, 4) is 0 Å². The normalized spacial score (nSPS) is 14.2. The van der Waals surface area contributed by atoms with E-state index in [1.165, 1.54) is 6.08 Å². The third-order valence-corrected chi connectivity index (χ3v) is 2.14. The molecule has 2 nitrogen and oxygen atoms in total. The molecular formula is C11H8FeO2. The summed E-state index contributed by atoms with van der Waals surface area (Å²) < 4.78 is 0. The number of benzene rings is 1. The summed E-state index contributed by atoms with van der Waals surface area (Å²) in [6, 6.07) is 6.89. The second-order valence-corrected chi connectivity index (χ2v) is 3.07. The first-order valence-corrected chi connectivity index (χ1v) is 4.06. The molecular weight excluding hydrogens is 220 g/mol. The summed E-state index contributed by atoms with van der Waals surface area (Å²) >= 11 is 0. The minimum atomic E-state index is -0.0762. The molecule has 0 bridgehead atoms. The van der Waals surface area contributed by atoms with E-state index in [9.17, 15) is 9.59 Å².